The van der Waals surface area contributed by atoms with Crippen molar-refractivity contribution in [3.05, 3.63) is 52.9 Å². The molecule has 4 rings (SSSR count). The highest BCUT2D eigenvalue weighted by atomic mass is 32.2. The number of hydrogen-bond donors (Lipinski definition) is 2. The summed E-state index contributed by atoms with van der Waals surface area (Å²) in [5, 5.41) is 6.58. The molecule has 1 amide bonds. The van der Waals surface area contributed by atoms with Crippen molar-refractivity contribution in [1.29, 1.82) is 0 Å². The van der Waals surface area contributed by atoms with Gasteiger partial charge in [0.2, 0.25) is 0 Å². The molecule has 2 aromatic rings. The van der Waals surface area contributed by atoms with Gasteiger partial charge in [-0.25, -0.2) is 8.42 Å². The Labute approximate surface area is 208 Å². The van der Waals surface area contributed by atoms with E-state index in [0.29, 0.717) is 35.4 Å². The maximum absolute atomic E-state index is 13.3. The smallest absolute Gasteiger partial charge is 0.252 e. The maximum Gasteiger partial charge on any atom is 0.252 e. The van der Waals surface area contributed by atoms with E-state index in [0.717, 1.165) is 36.6 Å². The summed E-state index contributed by atoms with van der Waals surface area (Å²) in [6.45, 7) is 2.49. The van der Waals surface area contributed by atoms with Crippen LogP contribution in [0.25, 0.3) is 0 Å². The van der Waals surface area contributed by atoms with Gasteiger partial charge in [0.05, 0.1) is 6.54 Å². The highest BCUT2D eigenvalue weighted by molar-refractivity contribution is 7.91. The molecule has 1 aromatic carbocycles. The predicted molar refractivity (Wildman–Crippen MR) is 138 cm³/mol. The van der Waals surface area contributed by atoms with Crippen LogP contribution in [0.1, 0.15) is 73.0 Å². The molecule has 0 radical (unpaired) electrons. The third kappa shape index (κ3) is 6.90. The average molecular weight is 504 g/mol. The maximum atomic E-state index is 13.3. The van der Waals surface area contributed by atoms with Gasteiger partial charge in [-0.1, -0.05) is 50.3 Å². The number of sulfonamides is 1. The van der Waals surface area contributed by atoms with Gasteiger partial charge in [-0.05, 0) is 62.4 Å². The second kappa shape index (κ2) is 12.3. The summed E-state index contributed by atoms with van der Waals surface area (Å²) >= 11 is 1.25. The first kappa shape index (κ1) is 25.4. The first-order chi connectivity index (χ1) is 16.5. The molecule has 1 aliphatic carbocycles. The molecule has 2 fully saturated rings. The van der Waals surface area contributed by atoms with Crippen LogP contribution in [-0.2, 0) is 16.6 Å². The Morgan fingerprint density at radius 3 is 2.53 bits per heavy atom. The molecule has 1 atom stereocenters. The van der Waals surface area contributed by atoms with Crippen LogP contribution < -0.4 is 10.6 Å². The van der Waals surface area contributed by atoms with Gasteiger partial charge in [0.1, 0.15) is 4.21 Å². The zero-order chi connectivity index (χ0) is 23.8. The lowest BCUT2D eigenvalue weighted by molar-refractivity contribution is 0.0951. The molecule has 8 heteroatoms. The minimum atomic E-state index is -3.50. The molecular weight excluding hydrogens is 466 g/mol. The van der Waals surface area contributed by atoms with E-state index in [9.17, 15) is 13.2 Å². The minimum Gasteiger partial charge on any atom is -0.347 e. The van der Waals surface area contributed by atoms with E-state index in [-0.39, 0.29) is 5.91 Å². The van der Waals surface area contributed by atoms with E-state index >= 15 is 0 Å². The predicted octanol–water partition coefficient (Wildman–Crippen LogP) is 4.78. The van der Waals surface area contributed by atoms with Crippen molar-refractivity contribution in [3.63, 3.8) is 0 Å². The topological polar surface area (TPSA) is 78.5 Å². The summed E-state index contributed by atoms with van der Waals surface area (Å²) in [7, 11) is -3.50. The van der Waals surface area contributed by atoms with Crippen molar-refractivity contribution in [2.75, 3.05) is 19.6 Å². The van der Waals surface area contributed by atoms with Crippen molar-refractivity contribution in [3.8, 4) is 0 Å². The molecule has 6 nitrogen and oxygen atoms in total. The molecule has 2 heterocycles. The standard InChI is InChI=1S/C26H37N3O3S2/c30-26(22-10-5-2-6-11-22)28-20-24-13-14-25(33-24)34(31,32)29-18-7-12-23(16-19-29)27-17-15-21-8-3-1-4-9-21/h2,5-6,10-11,13-14,21,23,27H,1,3-4,7-9,12,15-20H2,(H,28,30). The Kier molecular flexibility index (Phi) is 9.17. The van der Waals surface area contributed by atoms with Gasteiger partial charge in [0, 0.05) is 29.6 Å². The number of carbonyl (C=O) groups is 1. The third-order valence-corrected chi connectivity index (χ3v) is 10.5. The van der Waals surface area contributed by atoms with Crippen molar-refractivity contribution in [2.24, 2.45) is 5.92 Å². The van der Waals surface area contributed by atoms with Gasteiger partial charge in [0.15, 0.2) is 0 Å². The largest absolute Gasteiger partial charge is 0.347 e. The summed E-state index contributed by atoms with van der Waals surface area (Å²) in [5.74, 6) is 0.711. The first-order valence-corrected chi connectivity index (χ1v) is 14.9. The molecule has 1 unspecified atom stereocenters. The Balaban J connectivity index is 1.25. The average Bonchev–Trinajstić information content (AvgIpc) is 3.22. The van der Waals surface area contributed by atoms with Crippen LogP contribution in [0.2, 0.25) is 0 Å². The van der Waals surface area contributed by atoms with Crippen LogP contribution >= 0.6 is 11.3 Å². The summed E-state index contributed by atoms with van der Waals surface area (Å²) < 4.78 is 28.5. The Morgan fingerprint density at radius 2 is 1.74 bits per heavy atom. The van der Waals surface area contributed by atoms with Crippen molar-refractivity contribution in [2.45, 2.75) is 74.6 Å². The number of thiophene rings is 1. The van der Waals surface area contributed by atoms with Gasteiger partial charge in [-0.15, -0.1) is 11.3 Å². The molecule has 0 spiro atoms. The van der Waals surface area contributed by atoms with Crippen LogP contribution in [0.3, 0.4) is 0 Å². The van der Waals surface area contributed by atoms with Crippen LogP contribution in [0.5, 0.6) is 0 Å². The monoisotopic (exact) mass is 503 g/mol. The second-order valence-electron chi connectivity index (χ2n) is 9.55. The quantitative estimate of drug-likeness (QED) is 0.516. The number of rotatable bonds is 9. The van der Waals surface area contributed by atoms with Crippen LogP contribution in [0.15, 0.2) is 46.7 Å². The van der Waals surface area contributed by atoms with E-state index < -0.39 is 10.0 Å². The summed E-state index contributed by atoms with van der Waals surface area (Å²) in [5.41, 5.74) is 0.596. The van der Waals surface area contributed by atoms with Crippen molar-refractivity contribution in [1.82, 2.24) is 14.9 Å². The fourth-order valence-corrected chi connectivity index (χ4v) is 8.00. The lowest BCUT2D eigenvalue weighted by Gasteiger charge is -2.23. The molecule has 1 aromatic heterocycles. The van der Waals surface area contributed by atoms with E-state index in [4.69, 9.17) is 0 Å². The van der Waals surface area contributed by atoms with E-state index in [2.05, 4.69) is 10.6 Å². The Bertz CT molecular complexity index is 1020. The van der Waals surface area contributed by atoms with Gasteiger partial charge in [-0.3, -0.25) is 4.79 Å². The molecule has 34 heavy (non-hydrogen) atoms. The summed E-state index contributed by atoms with van der Waals surface area (Å²) in [6, 6.07) is 12.9. The van der Waals surface area contributed by atoms with Crippen LogP contribution in [0.4, 0.5) is 0 Å². The number of carbonyl (C=O) groups excluding carboxylic acids is 1. The Hall–Kier alpha value is -1.74. The number of amides is 1. The molecule has 186 valence electrons. The number of nitrogens with one attached hydrogen (secondary N) is 2. The third-order valence-electron chi connectivity index (χ3n) is 7.09. The summed E-state index contributed by atoms with van der Waals surface area (Å²) in [6.07, 6.45) is 10.9. The van der Waals surface area contributed by atoms with Crippen molar-refractivity contribution < 1.29 is 13.2 Å². The molecule has 1 aliphatic heterocycles. The minimum absolute atomic E-state index is 0.159. The molecule has 1 saturated heterocycles. The Morgan fingerprint density at radius 1 is 0.941 bits per heavy atom. The molecular formula is C26H37N3O3S2. The molecule has 2 aliphatic rings. The van der Waals surface area contributed by atoms with E-state index in [1.165, 1.54) is 49.9 Å². The molecule has 1 saturated carbocycles. The fourth-order valence-electron chi connectivity index (χ4n) is 5.06. The van der Waals surface area contributed by atoms with E-state index in [1.807, 2.05) is 18.2 Å². The summed E-state index contributed by atoms with van der Waals surface area (Å²) in [4.78, 5) is 13.1. The van der Waals surface area contributed by atoms with Crippen LogP contribution in [0, 0.1) is 5.92 Å². The van der Waals surface area contributed by atoms with Gasteiger partial charge >= 0.3 is 0 Å². The van der Waals surface area contributed by atoms with Crippen molar-refractivity contribution >= 4 is 27.3 Å². The number of hydrogen-bond acceptors (Lipinski definition) is 5. The zero-order valence-electron chi connectivity index (χ0n) is 19.9. The van der Waals surface area contributed by atoms with Gasteiger partial charge in [0.25, 0.3) is 15.9 Å². The molecule has 0 bridgehead atoms. The van der Waals surface area contributed by atoms with Crippen LogP contribution in [-0.4, -0.2) is 44.3 Å². The number of nitrogens with zero attached hydrogens (tertiary/aromatic N) is 1. The first-order valence-electron chi connectivity index (χ1n) is 12.7. The zero-order valence-corrected chi connectivity index (χ0v) is 21.5. The lowest BCUT2D eigenvalue weighted by atomic mass is 9.87. The SMILES string of the molecule is O=C(NCc1ccc(S(=O)(=O)N2CCCC(NCCC3CCCCC3)CC2)s1)c1ccccc1. The fraction of sp³-hybridized carbons (Fsp3) is 0.577. The van der Waals surface area contributed by atoms with Gasteiger partial charge in [-0.2, -0.15) is 4.31 Å². The molecule has 2 N–H and O–H groups in total. The second-order valence-corrected chi connectivity index (χ2v) is 12.9. The number of benzene rings is 1. The lowest BCUT2D eigenvalue weighted by Crippen LogP contribution is -2.34. The van der Waals surface area contributed by atoms with E-state index in [1.54, 1.807) is 28.6 Å². The normalized spacial score (nSPS) is 20.6. The van der Waals surface area contributed by atoms with Gasteiger partial charge < -0.3 is 10.6 Å². The highest BCUT2D eigenvalue weighted by Crippen LogP contribution is 2.28. The highest BCUT2D eigenvalue weighted by Gasteiger charge is 2.29.